The molecular formula is C21H32N4O2. The Morgan fingerprint density at radius 1 is 1.30 bits per heavy atom. The first-order valence-corrected chi connectivity index (χ1v) is 9.90. The minimum absolute atomic E-state index is 0.200. The van der Waals surface area contributed by atoms with E-state index in [2.05, 4.69) is 46.5 Å². The van der Waals surface area contributed by atoms with Crippen LogP contribution < -0.4 is 10.6 Å². The molecule has 2 aromatic rings. The summed E-state index contributed by atoms with van der Waals surface area (Å²) in [5.74, 6) is 2.47. The van der Waals surface area contributed by atoms with Crippen LogP contribution in [0.5, 0.6) is 0 Å². The number of morpholine rings is 1. The Balaban J connectivity index is 1.40. The second-order valence-corrected chi connectivity index (χ2v) is 7.53. The van der Waals surface area contributed by atoms with Crippen LogP contribution in [-0.2, 0) is 11.2 Å². The molecule has 1 aliphatic rings. The number of nitrogens with zero attached hydrogens (tertiary/aromatic N) is 2. The van der Waals surface area contributed by atoms with Crippen LogP contribution in [0.2, 0.25) is 0 Å². The van der Waals surface area contributed by atoms with E-state index < -0.39 is 0 Å². The molecule has 0 bridgehead atoms. The van der Waals surface area contributed by atoms with Gasteiger partial charge in [-0.25, -0.2) is 0 Å². The molecule has 0 amide bonds. The summed E-state index contributed by atoms with van der Waals surface area (Å²) in [7, 11) is 1.79. The number of hydrogen-bond acceptors (Lipinski definition) is 4. The van der Waals surface area contributed by atoms with Crippen molar-refractivity contribution in [3.05, 3.63) is 36.1 Å². The minimum atomic E-state index is 0.200. The fourth-order valence-corrected chi connectivity index (χ4v) is 3.48. The molecule has 1 fully saturated rings. The first-order chi connectivity index (χ1) is 13.1. The molecule has 0 aliphatic carbocycles. The van der Waals surface area contributed by atoms with Crippen LogP contribution in [0.25, 0.3) is 11.0 Å². The van der Waals surface area contributed by atoms with E-state index in [1.807, 2.05) is 18.2 Å². The molecule has 1 aliphatic heterocycles. The lowest BCUT2D eigenvalue weighted by Crippen LogP contribution is -2.50. The zero-order valence-electron chi connectivity index (χ0n) is 16.7. The fraction of sp³-hybridized carbons (Fsp3) is 0.571. The molecule has 1 saturated heterocycles. The maximum Gasteiger partial charge on any atom is 0.191 e. The highest BCUT2D eigenvalue weighted by Crippen LogP contribution is 2.18. The molecule has 1 aromatic heterocycles. The van der Waals surface area contributed by atoms with Crippen LogP contribution in [0.4, 0.5) is 0 Å². The molecule has 27 heavy (non-hydrogen) atoms. The van der Waals surface area contributed by atoms with Gasteiger partial charge >= 0.3 is 0 Å². The lowest BCUT2D eigenvalue weighted by Gasteiger charge is -2.34. The highest BCUT2D eigenvalue weighted by Gasteiger charge is 2.21. The van der Waals surface area contributed by atoms with Gasteiger partial charge in [0.25, 0.3) is 0 Å². The van der Waals surface area contributed by atoms with Crippen molar-refractivity contribution >= 4 is 16.9 Å². The zero-order chi connectivity index (χ0) is 19.1. The maximum atomic E-state index is 5.89. The molecule has 1 unspecified atom stereocenters. The van der Waals surface area contributed by atoms with Gasteiger partial charge in [0, 0.05) is 51.6 Å². The normalized spacial score (nSPS) is 19.0. The van der Waals surface area contributed by atoms with Crippen molar-refractivity contribution in [2.45, 2.75) is 26.4 Å². The minimum Gasteiger partial charge on any atom is -0.461 e. The first kappa shape index (κ1) is 19.7. The van der Waals surface area contributed by atoms with Crippen molar-refractivity contribution in [1.82, 2.24) is 15.5 Å². The fourth-order valence-electron chi connectivity index (χ4n) is 3.48. The van der Waals surface area contributed by atoms with Gasteiger partial charge in [-0.05, 0) is 18.1 Å². The monoisotopic (exact) mass is 372 g/mol. The Morgan fingerprint density at radius 3 is 2.93 bits per heavy atom. The van der Waals surface area contributed by atoms with Crippen LogP contribution in [-0.4, -0.2) is 63.3 Å². The van der Waals surface area contributed by atoms with Crippen LogP contribution in [0.3, 0.4) is 0 Å². The summed E-state index contributed by atoms with van der Waals surface area (Å²) in [4.78, 5) is 6.79. The second-order valence-electron chi connectivity index (χ2n) is 7.53. The lowest BCUT2D eigenvalue weighted by atomic mass is 10.2. The van der Waals surface area contributed by atoms with Crippen LogP contribution >= 0.6 is 0 Å². The third-order valence-corrected chi connectivity index (χ3v) is 4.71. The number of para-hydroxylation sites is 1. The number of aliphatic imine (C=N–C) groups is 1. The third-order valence-electron chi connectivity index (χ3n) is 4.71. The Kier molecular flexibility index (Phi) is 7.12. The van der Waals surface area contributed by atoms with E-state index in [0.29, 0.717) is 5.92 Å². The topological polar surface area (TPSA) is 62.0 Å². The van der Waals surface area contributed by atoms with Crippen molar-refractivity contribution in [3.8, 4) is 0 Å². The van der Waals surface area contributed by atoms with E-state index in [9.17, 15) is 0 Å². The Hall–Kier alpha value is -2.05. The van der Waals surface area contributed by atoms with E-state index in [-0.39, 0.29) is 6.10 Å². The third kappa shape index (κ3) is 5.97. The Labute approximate surface area is 162 Å². The summed E-state index contributed by atoms with van der Waals surface area (Å²) in [5.41, 5.74) is 0.940. The molecule has 0 saturated carbocycles. The number of benzene rings is 1. The van der Waals surface area contributed by atoms with Crippen LogP contribution in [0.15, 0.2) is 39.7 Å². The van der Waals surface area contributed by atoms with E-state index in [0.717, 1.165) is 68.4 Å². The molecule has 3 rings (SSSR count). The van der Waals surface area contributed by atoms with Gasteiger partial charge in [-0.3, -0.25) is 9.89 Å². The van der Waals surface area contributed by atoms with Gasteiger partial charge in [-0.15, -0.1) is 0 Å². The lowest BCUT2D eigenvalue weighted by molar-refractivity contribution is -0.0284. The average Bonchev–Trinajstić information content (AvgIpc) is 3.07. The Bertz CT molecular complexity index is 708. The van der Waals surface area contributed by atoms with Gasteiger partial charge in [-0.1, -0.05) is 32.0 Å². The number of rotatable bonds is 7. The van der Waals surface area contributed by atoms with Gasteiger partial charge in [0.1, 0.15) is 11.3 Å². The smallest absolute Gasteiger partial charge is 0.191 e. The molecule has 0 spiro atoms. The van der Waals surface area contributed by atoms with Crippen molar-refractivity contribution in [2.75, 3.05) is 46.4 Å². The molecule has 6 nitrogen and oxygen atoms in total. The molecule has 148 valence electrons. The zero-order valence-corrected chi connectivity index (χ0v) is 16.7. The predicted octanol–water partition coefficient (Wildman–Crippen LogP) is 2.50. The summed E-state index contributed by atoms with van der Waals surface area (Å²) in [5, 5.41) is 7.89. The highest BCUT2D eigenvalue weighted by atomic mass is 16.5. The van der Waals surface area contributed by atoms with Crippen LogP contribution in [0.1, 0.15) is 19.6 Å². The second kappa shape index (κ2) is 9.76. The van der Waals surface area contributed by atoms with Gasteiger partial charge < -0.3 is 19.8 Å². The van der Waals surface area contributed by atoms with Crippen molar-refractivity contribution in [1.29, 1.82) is 0 Å². The van der Waals surface area contributed by atoms with E-state index in [1.165, 1.54) is 0 Å². The molecule has 6 heteroatoms. The summed E-state index contributed by atoms with van der Waals surface area (Å²) in [6.45, 7) is 9.98. The predicted molar refractivity (Wildman–Crippen MR) is 110 cm³/mol. The van der Waals surface area contributed by atoms with Crippen molar-refractivity contribution < 1.29 is 9.15 Å². The quantitative estimate of drug-likeness (QED) is 0.578. The highest BCUT2D eigenvalue weighted by molar-refractivity contribution is 5.80. The van der Waals surface area contributed by atoms with E-state index in [1.54, 1.807) is 7.05 Å². The first-order valence-electron chi connectivity index (χ1n) is 9.90. The van der Waals surface area contributed by atoms with Crippen molar-refractivity contribution in [3.63, 3.8) is 0 Å². The number of guanidine groups is 1. The van der Waals surface area contributed by atoms with Gasteiger partial charge in [0.2, 0.25) is 0 Å². The van der Waals surface area contributed by atoms with Gasteiger partial charge in [-0.2, -0.15) is 0 Å². The summed E-state index contributed by atoms with van der Waals surface area (Å²) < 4.78 is 11.7. The van der Waals surface area contributed by atoms with Crippen molar-refractivity contribution in [2.24, 2.45) is 10.9 Å². The number of ether oxygens (including phenoxy) is 1. The number of nitrogens with one attached hydrogen (secondary N) is 2. The van der Waals surface area contributed by atoms with Gasteiger partial charge in [0.15, 0.2) is 5.96 Å². The summed E-state index contributed by atoms with van der Waals surface area (Å²) in [6, 6.07) is 10.2. The van der Waals surface area contributed by atoms with E-state index in [4.69, 9.17) is 9.15 Å². The molecule has 1 atom stereocenters. The largest absolute Gasteiger partial charge is 0.461 e. The summed E-state index contributed by atoms with van der Waals surface area (Å²) in [6.07, 6.45) is 1.02. The standard InChI is InChI=1S/C21H32N4O2/c1-16(2)14-25-10-11-26-19(15-25)13-24-21(22-3)23-9-8-18-12-17-6-4-5-7-20(17)27-18/h4-7,12,16,19H,8-11,13-15H2,1-3H3,(H2,22,23,24). The molecule has 2 heterocycles. The van der Waals surface area contributed by atoms with E-state index >= 15 is 0 Å². The maximum absolute atomic E-state index is 5.89. The molecule has 0 radical (unpaired) electrons. The number of fused-ring (bicyclic) bond motifs is 1. The Morgan fingerprint density at radius 2 is 2.15 bits per heavy atom. The number of hydrogen-bond donors (Lipinski definition) is 2. The molecule has 1 aromatic carbocycles. The summed E-state index contributed by atoms with van der Waals surface area (Å²) >= 11 is 0. The average molecular weight is 373 g/mol. The van der Waals surface area contributed by atoms with Gasteiger partial charge in [0.05, 0.1) is 12.7 Å². The SMILES string of the molecule is CN=C(NCCc1cc2ccccc2o1)NCC1CN(CC(C)C)CCO1. The van der Waals surface area contributed by atoms with Crippen LogP contribution in [0, 0.1) is 5.92 Å². The molecular weight excluding hydrogens is 340 g/mol. The molecule has 2 N–H and O–H groups in total. The number of furan rings is 1.